The van der Waals surface area contributed by atoms with E-state index >= 15 is 0 Å². The average Bonchev–Trinajstić information content (AvgIpc) is 3.41. The molecule has 0 unspecified atom stereocenters. The minimum atomic E-state index is -1.65. The zero-order valence-corrected chi connectivity index (χ0v) is 24.2. The lowest BCUT2D eigenvalue weighted by atomic mass is 9.78. The number of hydrogen-bond acceptors (Lipinski definition) is 2. The van der Waals surface area contributed by atoms with Crippen molar-refractivity contribution in [3.63, 3.8) is 0 Å². The Hall–Kier alpha value is -3.57. The third kappa shape index (κ3) is 3.67. The Balaban J connectivity index is 1.41. The standard InChI is InChI=1S/C36H33BO2S/c1-35(2)36(3,4)39-37(38-35)27-24-22-26(23-25-27)30-19-13-21-33-34(30)31-18-11-12-20-32(31)40(33,28-14-7-5-8-15-28)29-16-9-6-10-17-29/h5-25H,1-4H3. The van der Waals surface area contributed by atoms with Crippen LogP contribution >= 0.6 is 10.0 Å². The van der Waals surface area contributed by atoms with Crippen molar-refractivity contribution in [2.75, 3.05) is 0 Å². The summed E-state index contributed by atoms with van der Waals surface area (Å²) in [7, 11) is -2.02. The molecule has 1 saturated heterocycles. The van der Waals surface area contributed by atoms with Gasteiger partial charge in [0, 0.05) is 25.1 Å². The van der Waals surface area contributed by atoms with Gasteiger partial charge in [0.1, 0.15) is 0 Å². The Morgan fingerprint density at radius 3 is 1.60 bits per heavy atom. The number of fused-ring (bicyclic) bond motifs is 3. The first-order valence-corrected chi connectivity index (χ1v) is 15.6. The van der Waals surface area contributed by atoms with Crippen molar-refractivity contribution >= 4 is 22.6 Å². The van der Waals surface area contributed by atoms with E-state index in [0.29, 0.717) is 0 Å². The number of benzene rings is 5. The Morgan fingerprint density at radius 1 is 0.500 bits per heavy atom. The summed E-state index contributed by atoms with van der Waals surface area (Å²) in [6, 6.07) is 46.8. The highest BCUT2D eigenvalue weighted by atomic mass is 32.3. The quantitative estimate of drug-likeness (QED) is 0.208. The Kier molecular flexibility index (Phi) is 5.87. The van der Waals surface area contributed by atoms with Crippen LogP contribution in [0.2, 0.25) is 0 Å². The molecule has 0 aromatic heterocycles. The first-order valence-electron chi connectivity index (χ1n) is 13.9. The van der Waals surface area contributed by atoms with E-state index in [4.69, 9.17) is 9.31 Å². The largest absolute Gasteiger partial charge is 0.494 e. The molecule has 5 aromatic carbocycles. The van der Waals surface area contributed by atoms with E-state index in [1.54, 1.807) is 0 Å². The number of rotatable bonds is 4. The normalized spacial score (nSPS) is 18.6. The van der Waals surface area contributed by atoms with Gasteiger partial charge in [-0.05, 0) is 86.2 Å². The fraction of sp³-hybridized carbons (Fsp3) is 0.167. The fourth-order valence-electron chi connectivity index (χ4n) is 6.06. The van der Waals surface area contributed by atoms with Gasteiger partial charge in [0.2, 0.25) is 0 Å². The molecule has 0 saturated carbocycles. The third-order valence-corrected chi connectivity index (χ3v) is 12.8. The van der Waals surface area contributed by atoms with E-state index in [2.05, 4.69) is 155 Å². The van der Waals surface area contributed by atoms with E-state index in [1.807, 2.05) is 0 Å². The summed E-state index contributed by atoms with van der Waals surface area (Å²) in [5.41, 5.74) is 5.44. The van der Waals surface area contributed by atoms with Gasteiger partial charge >= 0.3 is 7.12 Å². The summed E-state index contributed by atoms with van der Waals surface area (Å²) in [5, 5.41) is 0. The summed E-state index contributed by atoms with van der Waals surface area (Å²) < 4.78 is 12.6. The van der Waals surface area contributed by atoms with Crippen LogP contribution in [-0.2, 0) is 9.31 Å². The summed E-state index contributed by atoms with van der Waals surface area (Å²) >= 11 is 0. The van der Waals surface area contributed by atoms with Crippen LogP contribution in [0.4, 0.5) is 0 Å². The second-order valence-electron chi connectivity index (χ2n) is 11.6. The monoisotopic (exact) mass is 540 g/mol. The molecule has 0 bridgehead atoms. The highest BCUT2D eigenvalue weighted by Crippen LogP contribution is 2.80. The van der Waals surface area contributed by atoms with Gasteiger partial charge in [-0.3, -0.25) is 0 Å². The van der Waals surface area contributed by atoms with Crippen LogP contribution < -0.4 is 5.46 Å². The Labute approximate surface area is 239 Å². The van der Waals surface area contributed by atoms with E-state index in [0.717, 1.165) is 5.46 Å². The minimum absolute atomic E-state index is 0.360. The highest BCUT2D eigenvalue weighted by molar-refractivity contribution is 8.34. The van der Waals surface area contributed by atoms with Crippen molar-refractivity contribution in [1.29, 1.82) is 0 Å². The summed E-state index contributed by atoms with van der Waals surface area (Å²) in [6.07, 6.45) is 0. The van der Waals surface area contributed by atoms with Gasteiger partial charge in [0.25, 0.3) is 0 Å². The minimum Gasteiger partial charge on any atom is -0.399 e. The van der Waals surface area contributed by atoms with Gasteiger partial charge in [0.05, 0.1) is 11.2 Å². The molecule has 0 amide bonds. The van der Waals surface area contributed by atoms with Crippen LogP contribution in [0, 0.1) is 0 Å². The lowest BCUT2D eigenvalue weighted by molar-refractivity contribution is 0.00578. The second-order valence-corrected chi connectivity index (χ2v) is 14.7. The van der Waals surface area contributed by atoms with Crippen molar-refractivity contribution in [2.45, 2.75) is 58.5 Å². The molecule has 0 radical (unpaired) electrons. The van der Waals surface area contributed by atoms with Gasteiger partial charge in [0.15, 0.2) is 0 Å². The van der Waals surface area contributed by atoms with Crippen molar-refractivity contribution in [1.82, 2.24) is 0 Å². The van der Waals surface area contributed by atoms with E-state index in [-0.39, 0.29) is 18.3 Å². The van der Waals surface area contributed by atoms with E-state index in [9.17, 15) is 0 Å². The molecular weight excluding hydrogens is 507 g/mol. The van der Waals surface area contributed by atoms with Crippen LogP contribution in [0.5, 0.6) is 0 Å². The maximum Gasteiger partial charge on any atom is 0.494 e. The van der Waals surface area contributed by atoms with Crippen molar-refractivity contribution in [2.24, 2.45) is 0 Å². The molecule has 0 spiro atoms. The molecule has 5 aromatic rings. The lowest BCUT2D eigenvalue weighted by Gasteiger charge is -2.39. The van der Waals surface area contributed by atoms with Crippen LogP contribution in [-0.4, -0.2) is 18.3 Å². The molecular formula is C36H33BO2S. The maximum atomic E-state index is 6.32. The van der Waals surface area contributed by atoms with Gasteiger partial charge < -0.3 is 9.31 Å². The van der Waals surface area contributed by atoms with Crippen molar-refractivity contribution in [3.05, 3.63) is 127 Å². The molecule has 0 N–H and O–H groups in total. The van der Waals surface area contributed by atoms with Gasteiger partial charge in [-0.15, -0.1) is 10.0 Å². The maximum absolute atomic E-state index is 6.32. The van der Waals surface area contributed by atoms with Crippen LogP contribution in [0.25, 0.3) is 22.3 Å². The first-order chi connectivity index (χ1) is 19.3. The van der Waals surface area contributed by atoms with E-state index in [1.165, 1.54) is 41.8 Å². The summed E-state index contributed by atoms with van der Waals surface area (Å²) in [5.74, 6) is 0. The van der Waals surface area contributed by atoms with Crippen molar-refractivity contribution < 1.29 is 9.31 Å². The highest BCUT2D eigenvalue weighted by Gasteiger charge is 2.51. The van der Waals surface area contributed by atoms with E-state index < -0.39 is 10.0 Å². The summed E-state index contributed by atoms with van der Waals surface area (Å²) in [6.45, 7) is 8.39. The van der Waals surface area contributed by atoms with Gasteiger partial charge in [-0.2, -0.15) is 0 Å². The molecule has 0 aliphatic carbocycles. The fourth-order valence-corrected chi connectivity index (χ4v) is 10.3. The molecule has 2 heterocycles. The third-order valence-electron chi connectivity index (χ3n) is 8.78. The molecule has 2 nitrogen and oxygen atoms in total. The molecule has 4 heteroatoms. The predicted molar refractivity (Wildman–Crippen MR) is 167 cm³/mol. The zero-order valence-electron chi connectivity index (χ0n) is 23.4. The van der Waals surface area contributed by atoms with Crippen LogP contribution in [0.1, 0.15) is 27.7 Å². The first kappa shape index (κ1) is 25.4. The molecule has 198 valence electrons. The molecule has 2 aliphatic heterocycles. The Bertz CT molecular complexity index is 1640. The topological polar surface area (TPSA) is 18.5 Å². The summed E-state index contributed by atoms with van der Waals surface area (Å²) in [4.78, 5) is 5.53. The molecule has 40 heavy (non-hydrogen) atoms. The number of hydrogen-bond donors (Lipinski definition) is 0. The van der Waals surface area contributed by atoms with Gasteiger partial charge in [-0.1, -0.05) is 91.0 Å². The predicted octanol–water partition coefficient (Wildman–Crippen LogP) is 8.97. The lowest BCUT2D eigenvalue weighted by Crippen LogP contribution is -2.41. The average molecular weight is 541 g/mol. The second kappa shape index (κ2) is 9.24. The zero-order chi connectivity index (χ0) is 27.5. The smallest absolute Gasteiger partial charge is 0.399 e. The Morgan fingerprint density at radius 2 is 1.00 bits per heavy atom. The molecule has 2 aliphatic rings. The molecule has 0 atom stereocenters. The van der Waals surface area contributed by atoms with Crippen molar-refractivity contribution in [3.8, 4) is 22.3 Å². The SMILES string of the molecule is CC1(C)OB(c2ccc(-c3cccc4c3-c3ccccc3S4(c3ccccc3)c3ccccc3)cc2)OC1(C)C. The van der Waals surface area contributed by atoms with Crippen LogP contribution in [0.3, 0.4) is 0 Å². The van der Waals surface area contributed by atoms with Crippen LogP contribution in [0.15, 0.2) is 147 Å². The molecule has 1 fully saturated rings. The molecule has 7 rings (SSSR count). The van der Waals surface area contributed by atoms with Gasteiger partial charge in [-0.25, -0.2) is 0 Å².